The second-order valence-corrected chi connectivity index (χ2v) is 8.48. The smallest absolute Gasteiger partial charge is 0.307 e. The number of non-ortho nitro benzene ring substituents is 1. The molecule has 0 spiro atoms. The fourth-order valence-corrected chi connectivity index (χ4v) is 3.74. The molecule has 9 heteroatoms. The molecule has 1 N–H and O–H groups in total. The van der Waals surface area contributed by atoms with E-state index in [1.165, 1.54) is 18.3 Å². The molecule has 0 fully saturated rings. The van der Waals surface area contributed by atoms with Crippen molar-refractivity contribution < 1.29 is 18.9 Å². The van der Waals surface area contributed by atoms with E-state index >= 15 is 0 Å². The fraction of sp³-hybridized carbons (Fsp3) is 0.0769. The summed E-state index contributed by atoms with van der Waals surface area (Å²) in [5, 5.41) is 15.6. The summed E-state index contributed by atoms with van der Waals surface area (Å²) in [5.74, 6) is 0.374. The molecule has 8 nitrogen and oxygen atoms in total. The quantitative estimate of drug-likeness (QED) is 0.120. The third kappa shape index (κ3) is 6.01. The van der Waals surface area contributed by atoms with Gasteiger partial charge in [-0.15, -0.1) is 6.58 Å². The Balaban J connectivity index is 1.41. The molecule has 3 aromatic carbocycles. The van der Waals surface area contributed by atoms with Crippen molar-refractivity contribution in [2.75, 3.05) is 0 Å². The van der Waals surface area contributed by atoms with Crippen LogP contribution in [0.4, 0.5) is 5.69 Å². The molecule has 4 aromatic rings. The van der Waals surface area contributed by atoms with Gasteiger partial charge in [-0.2, -0.15) is 5.10 Å². The Morgan fingerprint density at radius 1 is 1.14 bits per heavy atom. The summed E-state index contributed by atoms with van der Waals surface area (Å²) in [4.78, 5) is 22.7. The topological polar surface area (TPSA) is 107 Å². The number of furan rings is 1. The van der Waals surface area contributed by atoms with Crippen molar-refractivity contribution in [2.45, 2.75) is 13.0 Å². The lowest BCUT2D eigenvalue weighted by atomic mass is 10.1. The summed E-state index contributed by atoms with van der Waals surface area (Å²) >= 11 is 3.39. The van der Waals surface area contributed by atoms with Crippen LogP contribution in [0.5, 0.6) is 5.75 Å². The average Bonchev–Trinajstić information content (AvgIpc) is 3.27. The Bertz CT molecular complexity index is 1430. The van der Waals surface area contributed by atoms with Crippen LogP contribution < -0.4 is 10.2 Å². The van der Waals surface area contributed by atoms with Crippen molar-refractivity contribution in [2.24, 2.45) is 5.10 Å². The standard InChI is InChI=1S/C26H20BrN3O5/c1-2-3-19-12-18(6-10-23(19)34-16-17-4-8-22(9-5-17)30(32)33)15-28-29-26(31)25-14-20-13-21(27)7-11-24(20)35-25/h2,4-15H,1,3,16H2,(H,29,31)/b28-15+. The number of hydrogen-bond acceptors (Lipinski definition) is 6. The SMILES string of the molecule is C=CCc1cc(/C=N/NC(=O)c2cc3cc(Br)ccc3o2)ccc1OCc1ccc([N+](=O)[O-])cc1. The minimum Gasteiger partial charge on any atom is -0.489 e. The lowest BCUT2D eigenvalue weighted by Crippen LogP contribution is -2.16. The summed E-state index contributed by atoms with van der Waals surface area (Å²) < 4.78 is 12.4. The molecule has 0 aliphatic carbocycles. The Hall–Kier alpha value is -4.24. The second-order valence-electron chi connectivity index (χ2n) is 7.56. The summed E-state index contributed by atoms with van der Waals surface area (Å²) in [7, 11) is 0. The van der Waals surface area contributed by atoms with E-state index in [1.807, 2.05) is 30.3 Å². The Kier molecular flexibility index (Phi) is 7.37. The van der Waals surface area contributed by atoms with Gasteiger partial charge in [0, 0.05) is 22.0 Å². The first kappa shape index (κ1) is 23.9. The first-order valence-corrected chi connectivity index (χ1v) is 11.3. The van der Waals surface area contributed by atoms with Gasteiger partial charge in [-0.1, -0.05) is 22.0 Å². The number of fused-ring (bicyclic) bond motifs is 1. The van der Waals surface area contributed by atoms with Crippen LogP contribution >= 0.6 is 15.9 Å². The summed E-state index contributed by atoms with van der Waals surface area (Å²) in [5.41, 5.74) is 5.58. The second kappa shape index (κ2) is 10.8. The van der Waals surface area contributed by atoms with Gasteiger partial charge in [0.2, 0.25) is 0 Å². The summed E-state index contributed by atoms with van der Waals surface area (Å²) in [6.45, 7) is 4.05. The first-order chi connectivity index (χ1) is 16.9. The zero-order valence-electron chi connectivity index (χ0n) is 18.4. The Morgan fingerprint density at radius 3 is 2.69 bits per heavy atom. The number of allylic oxidation sites excluding steroid dienone is 1. The molecule has 0 saturated heterocycles. The molecule has 4 rings (SSSR count). The van der Waals surface area contributed by atoms with E-state index in [0.29, 0.717) is 17.8 Å². The van der Waals surface area contributed by atoms with Gasteiger partial charge >= 0.3 is 5.91 Å². The van der Waals surface area contributed by atoms with Gasteiger partial charge in [0.1, 0.15) is 17.9 Å². The fourth-order valence-electron chi connectivity index (χ4n) is 3.36. The molecule has 0 bridgehead atoms. The van der Waals surface area contributed by atoms with Crippen LogP contribution in [-0.2, 0) is 13.0 Å². The number of rotatable bonds is 9. The first-order valence-electron chi connectivity index (χ1n) is 10.6. The van der Waals surface area contributed by atoms with Gasteiger partial charge in [0.05, 0.1) is 11.1 Å². The van der Waals surface area contributed by atoms with Gasteiger partial charge < -0.3 is 9.15 Å². The number of carbonyl (C=O) groups excluding carboxylic acids is 1. The highest BCUT2D eigenvalue weighted by Gasteiger charge is 2.12. The monoisotopic (exact) mass is 533 g/mol. The zero-order chi connectivity index (χ0) is 24.8. The summed E-state index contributed by atoms with van der Waals surface area (Å²) in [6, 6.07) is 18.9. The molecule has 0 aliphatic heterocycles. The lowest BCUT2D eigenvalue weighted by molar-refractivity contribution is -0.384. The van der Waals surface area contributed by atoms with Crippen molar-refractivity contribution in [3.8, 4) is 5.75 Å². The normalized spacial score (nSPS) is 11.0. The molecule has 0 aliphatic rings. The Labute approximate surface area is 209 Å². The number of carbonyl (C=O) groups is 1. The number of nitro benzene ring substituents is 1. The van der Waals surface area contributed by atoms with Crippen LogP contribution in [0, 0.1) is 10.1 Å². The van der Waals surface area contributed by atoms with E-state index in [9.17, 15) is 14.9 Å². The van der Waals surface area contributed by atoms with E-state index in [0.717, 1.165) is 26.5 Å². The minimum atomic E-state index is -0.456. The predicted octanol–water partition coefficient (Wildman–Crippen LogP) is 6.17. The van der Waals surface area contributed by atoms with Gasteiger partial charge in [-0.05, 0) is 77.7 Å². The van der Waals surface area contributed by atoms with Crippen molar-refractivity contribution in [1.82, 2.24) is 5.43 Å². The summed E-state index contributed by atoms with van der Waals surface area (Å²) in [6.07, 6.45) is 3.86. The molecule has 1 aromatic heterocycles. The maximum absolute atomic E-state index is 12.4. The third-order valence-electron chi connectivity index (χ3n) is 5.07. The number of ether oxygens (including phenoxy) is 1. The highest BCUT2D eigenvalue weighted by molar-refractivity contribution is 9.10. The number of benzene rings is 3. The molecule has 0 atom stereocenters. The van der Waals surface area contributed by atoms with Crippen molar-refractivity contribution in [1.29, 1.82) is 0 Å². The van der Waals surface area contributed by atoms with Gasteiger partial charge in [-0.25, -0.2) is 5.43 Å². The average molecular weight is 534 g/mol. The Morgan fingerprint density at radius 2 is 1.94 bits per heavy atom. The maximum Gasteiger partial charge on any atom is 0.307 e. The van der Waals surface area contributed by atoms with Crippen molar-refractivity contribution in [3.63, 3.8) is 0 Å². The maximum atomic E-state index is 12.4. The van der Waals surface area contributed by atoms with E-state index in [4.69, 9.17) is 9.15 Å². The van der Waals surface area contributed by atoms with Gasteiger partial charge in [0.25, 0.3) is 5.69 Å². The highest BCUT2D eigenvalue weighted by Crippen LogP contribution is 2.24. The van der Waals surface area contributed by atoms with Gasteiger partial charge in [0.15, 0.2) is 5.76 Å². The van der Waals surface area contributed by atoms with Gasteiger partial charge in [-0.3, -0.25) is 14.9 Å². The van der Waals surface area contributed by atoms with Crippen LogP contribution in [0.3, 0.4) is 0 Å². The molecule has 1 heterocycles. The third-order valence-corrected chi connectivity index (χ3v) is 5.57. The van der Waals surface area contributed by atoms with Crippen molar-refractivity contribution >= 4 is 44.7 Å². The molecule has 1 amide bonds. The number of nitro groups is 1. The largest absolute Gasteiger partial charge is 0.489 e. The highest BCUT2D eigenvalue weighted by atomic mass is 79.9. The van der Waals surface area contributed by atoms with E-state index in [2.05, 4.69) is 33.0 Å². The van der Waals surface area contributed by atoms with Crippen molar-refractivity contribution in [3.05, 3.63) is 116 Å². The molecule has 0 saturated carbocycles. The number of nitrogens with zero attached hydrogens (tertiary/aromatic N) is 2. The van der Waals surface area contributed by atoms with E-state index < -0.39 is 10.8 Å². The molecule has 176 valence electrons. The molecule has 35 heavy (non-hydrogen) atoms. The molecule has 0 radical (unpaired) electrons. The van der Waals surface area contributed by atoms with E-state index in [1.54, 1.807) is 30.3 Å². The minimum absolute atomic E-state index is 0.0326. The predicted molar refractivity (Wildman–Crippen MR) is 137 cm³/mol. The number of hydrogen-bond donors (Lipinski definition) is 1. The van der Waals surface area contributed by atoms with Crippen LogP contribution in [0.2, 0.25) is 0 Å². The van der Waals surface area contributed by atoms with Crippen LogP contribution in [0.1, 0.15) is 27.2 Å². The van der Waals surface area contributed by atoms with Crippen LogP contribution in [0.25, 0.3) is 11.0 Å². The van der Waals surface area contributed by atoms with Crippen LogP contribution in [-0.4, -0.2) is 17.0 Å². The molecular weight excluding hydrogens is 514 g/mol. The van der Waals surface area contributed by atoms with Crippen LogP contribution in [0.15, 0.2) is 93.4 Å². The molecule has 0 unspecified atom stereocenters. The lowest BCUT2D eigenvalue weighted by Gasteiger charge is -2.11. The number of halogens is 1. The zero-order valence-corrected chi connectivity index (χ0v) is 20.0. The van der Waals surface area contributed by atoms with E-state index in [-0.39, 0.29) is 18.1 Å². The number of nitrogens with one attached hydrogen (secondary N) is 1. The molecular formula is C26H20BrN3O5. The number of amides is 1. The number of hydrazone groups is 1.